The molecule has 0 radical (unpaired) electrons. The van der Waals surface area contributed by atoms with Crippen molar-refractivity contribution in [2.24, 2.45) is 0 Å². The van der Waals surface area contributed by atoms with Crippen LogP contribution in [-0.2, 0) is 13.1 Å². The third-order valence-electron chi connectivity index (χ3n) is 2.90. The number of hydrogen-bond acceptors (Lipinski definition) is 3. The van der Waals surface area contributed by atoms with E-state index in [1.54, 1.807) is 0 Å². The smallest absolute Gasteiger partial charge is 0.138 e. The molecular weight excluding hydrogens is 212 g/mol. The molecule has 1 aromatic carbocycles. The highest BCUT2D eigenvalue weighted by atomic mass is 16.5. The van der Waals surface area contributed by atoms with Crippen molar-refractivity contribution in [1.82, 2.24) is 10.1 Å². The maximum absolute atomic E-state index is 5.17. The monoisotopic (exact) mass is 230 g/mol. The Morgan fingerprint density at radius 3 is 2.41 bits per heavy atom. The highest BCUT2D eigenvalue weighted by Crippen LogP contribution is 2.15. The molecule has 90 valence electrons. The molecule has 0 unspecified atom stereocenters. The molecule has 3 heteroatoms. The van der Waals surface area contributed by atoms with Crippen molar-refractivity contribution < 1.29 is 4.52 Å². The molecule has 3 nitrogen and oxygen atoms in total. The Kier molecular flexibility index (Phi) is 3.59. The minimum atomic E-state index is 0.871. The molecule has 1 aromatic heterocycles. The van der Waals surface area contributed by atoms with Gasteiger partial charge in [-0.3, -0.25) is 4.90 Å². The van der Waals surface area contributed by atoms with Gasteiger partial charge in [0, 0.05) is 18.7 Å². The van der Waals surface area contributed by atoms with Crippen LogP contribution in [0.5, 0.6) is 0 Å². The summed E-state index contributed by atoms with van der Waals surface area (Å²) < 4.78 is 5.17. The molecule has 0 saturated carbocycles. The summed E-state index contributed by atoms with van der Waals surface area (Å²) in [5, 5.41) is 3.97. The van der Waals surface area contributed by atoms with Gasteiger partial charge in [0.25, 0.3) is 0 Å². The van der Waals surface area contributed by atoms with Gasteiger partial charge in [-0.2, -0.15) is 0 Å². The van der Waals surface area contributed by atoms with E-state index in [0.29, 0.717) is 0 Å². The van der Waals surface area contributed by atoms with Crippen molar-refractivity contribution in [3.63, 3.8) is 0 Å². The standard InChI is InChI=1S/C14H18N2O/c1-11-14(12(2)17-15-11)10-16(3)9-13-7-5-4-6-8-13/h4-8H,9-10H2,1-3H3. The van der Waals surface area contributed by atoms with E-state index in [9.17, 15) is 0 Å². The fraction of sp³-hybridized carbons (Fsp3) is 0.357. The normalized spacial score (nSPS) is 11.1. The third-order valence-corrected chi connectivity index (χ3v) is 2.90. The van der Waals surface area contributed by atoms with E-state index in [0.717, 1.165) is 24.5 Å². The fourth-order valence-corrected chi connectivity index (χ4v) is 1.95. The highest BCUT2D eigenvalue weighted by molar-refractivity contribution is 5.21. The lowest BCUT2D eigenvalue weighted by atomic mass is 10.1. The summed E-state index contributed by atoms with van der Waals surface area (Å²) in [4.78, 5) is 2.27. The number of nitrogens with zero attached hydrogens (tertiary/aromatic N) is 2. The van der Waals surface area contributed by atoms with Crippen LogP contribution in [0, 0.1) is 13.8 Å². The summed E-state index contributed by atoms with van der Waals surface area (Å²) in [6.07, 6.45) is 0. The zero-order chi connectivity index (χ0) is 12.3. The molecule has 0 aliphatic rings. The number of hydrogen-bond donors (Lipinski definition) is 0. The van der Waals surface area contributed by atoms with Crippen molar-refractivity contribution in [2.45, 2.75) is 26.9 Å². The first kappa shape index (κ1) is 11.9. The summed E-state index contributed by atoms with van der Waals surface area (Å²) in [7, 11) is 2.11. The van der Waals surface area contributed by atoms with E-state index >= 15 is 0 Å². The number of aryl methyl sites for hydroxylation is 2. The van der Waals surface area contributed by atoms with Crippen molar-refractivity contribution in [1.29, 1.82) is 0 Å². The first-order valence-corrected chi connectivity index (χ1v) is 5.81. The molecule has 0 fully saturated rings. The van der Waals surface area contributed by atoms with Crippen LogP contribution in [0.3, 0.4) is 0 Å². The maximum atomic E-state index is 5.17. The average molecular weight is 230 g/mol. The lowest BCUT2D eigenvalue weighted by molar-refractivity contribution is 0.315. The van der Waals surface area contributed by atoms with Gasteiger partial charge in [0.05, 0.1) is 5.69 Å². The topological polar surface area (TPSA) is 29.3 Å². The van der Waals surface area contributed by atoms with Gasteiger partial charge in [0.2, 0.25) is 0 Å². The molecule has 1 heterocycles. The molecule has 0 saturated heterocycles. The Morgan fingerprint density at radius 1 is 1.12 bits per heavy atom. The van der Waals surface area contributed by atoms with E-state index < -0.39 is 0 Å². The van der Waals surface area contributed by atoms with Crippen LogP contribution in [0.15, 0.2) is 34.9 Å². The van der Waals surface area contributed by atoms with Crippen LogP contribution in [-0.4, -0.2) is 17.1 Å². The third kappa shape index (κ3) is 2.94. The Labute approximate surface area is 102 Å². The zero-order valence-electron chi connectivity index (χ0n) is 10.6. The predicted molar refractivity (Wildman–Crippen MR) is 67.6 cm³/mol. The first-order valence-electron chi connectivity index (χ1n) is 5.81. The summed E-state index contributed by atoms with van der Waals surface area (Å²) >= 11 is 0. The van der Waals surface area contributed by atoms with Gasteiger partial charge in [0.15, 0.2) is 0 Å². The second-order valence-corrected chi connectivity index (χ2v) is 4.46. The van der Waals surface area contributed by atoms with Gasteiger partial charge in [-0.25, -0.2) is 0 Å². The minimum Gasteiger partial charge on any atom is -0.361 e. The van der Waals surface area contributed by atoms with E-state index in [1.165, 1.54) is 11.1 Å². The highest BCUT2D eigenvalue weighted by Gasteiger charge is 2.11. The summed E-state index contributed by atoms with van der Waals surface area (Å²) in [5.41, 5.74) is 3.51. The van der Waals surface area contributed by atoms with E-state index in [4.69, 9.17) is 4.52 Å². The van der Waals surface area contributed by atoms with Crippen molar-refractivity contribution in [3.05, 3.63) is 52.9 Å². The van der Waals surface area contributed by atoms with Crippen LogP contribution in [0.2, 0.25) is 0 Å². The predicted octanol–water partition coefficient (Wildman–Crippen LogP) is 2.92. The maximum Gasteiger partial charge on any atom is 0.138 e. The lowest BCUT2D eigenvalue weighted by Gasteiger charge is -2.16. The molecule has 0 atom stereocenters. The molecule has 0 aliphatic heterocycles. The van der Waals surface area contributed by atoms with E-state index in [2.05, 4.69) is 41.4 Å². The van der Waals surface area contributed by atoms with Crippen LogP contribution in [0.4, 0.5) is 0 Å². The minimum absolute atomic E-state index is 0.871. The zero-order valence-corrected chi connectivity index (χ0v) is 10.6. The van der Waals surface area contributed by atoms with Gasteiger partial charge >= 0.3 is 0 Å². The Morgan fingerprint density at radius 2 is 1.82 bits per heavy atom. The second-order valence-electron chi connectivity index (χ2n) is 4.46. The summed E-state index contributed by atoms with van der Waals surface area (Å²) in [6, 6.07) is 10.5. The molecular formula is C14H18N2O. The average Bonchev–Trinajstić information content (AvgIpc) is 2.62. The molecule has 2 aromatic rings. The van der Waals surface area contributed by atoms with Crippen LogP contribution >= 0.6 is 0 Å². The van der Waals surface area contributed by atoms with Gasteiger partial charge in [-0.15, -0.1) is 0 Å². The van der Waals surface area contributed by atoms with Crippen LogP contribution in [0.1, 0.15) is 22.6 Å². The number of benzene rings is 1. The Bertz CT molecular complexity index is 457. The van der Waals surface area contributed by atoms with Crippen LogP contribution < -0.4 is 0 Å². The van der Waals surface area contributed by atoms with Gasteiger partial charge < -0.3 is 4.52 Å². The lowest BCUT2D eigenvalue weighted by Crippen LogP contribution is -2.17. The van der Waals surface area contributed by atoms with E-state index in [-0.39, 0.29) is 0 Å². The summed E-state index contributed by atoms with van der Waals surface area (Å²) in [6.45, 7) is 5.76. The van der Waals surface area contributed by atoms with Crippen LogP contribution in [0.25, 0.3) is 0 Å². The van der Waals surface area contributed by atoms with Gasteiger partial charge in [-0.05, 0) is 26.5 Å². The number of aromatic nitrogens is 1. The second kappa shape index (κ2) is 5.15. The molecule has 0 amide bonds. The molecule has 0 spiro atoms. The molecule has 2 rings (SSSR count). The van der Waals surface area contributed by atoms with Crippen molar-refractivity contribution in [2.75, 3.05) is 7.05 Å². The fourth-order valence-electron chi connectivity index (χ4n) is 1.95. The van der Waals surface area contributed by atoms with Crippen molar-refractivity contribution >= 4 is 0 Å². The molecule has 17 heavy (non-hydrogen) atoms. The molecule has 0 aliphatic carbocycles. The Balaban J connectivity index is 2.01. The largest absolute Gasteiger partial charge is 0.361 e. The first-order chi connectivity index (χ1) is 8.16. The molecule has 0 N–H and O–H groups in total. The number of rotatable bonds is 4. The van der Waals surface area contributed by atoms with Gasteiger partial charge in [0.1, 0.15) is 5.76 Å². The molecule has 0 bridgehead atoms. The van der Waals surface area contributed by atoms with Gasteiger partial charge in [-0.1, -0.05) is 35.5 Å². The SMILES string of the molecule is Cc1noc(C)c1CN(C)Cc1ccccc1. The summed E-state index contributed by atoms with van der Waals surface area (Å²) in [5.74, 6) is 0.919. The van der Waals surface area contributed by atoms with Crippen molar-refractivity contribution in [3.8, 4) is 0 Å². The quantitative estimate of drug-likeness (QED) is 0.808. The van der Waals surface area contributed by atoms with E-state index in [1.807, 2.05) is 19.9 Å². The Hall–Kier alpha value is -1.61.